The number of aryl methyl sites for hydroxylation is 1. The zero-order chi connectivity index (χ0) is 15.9. The second-order valence-electron chi connectivity index (χ2n) is 5.42. The lowest BCUT2D eigenvalue weighted by atomic mass is 9.97. The summed E-state index contributed by atoms with van der Waals surface area (Å²) in [5.41, 5.74) is 0.923. The molecule has 118 valence electrons. The highest BCUT2D eigenvalue weighted by Gasteiger charge is 2.28. The van der Waals surface area contributed by atoms with Crippen LogP contribution in [0.5, 0.6) is 0 Å². The van der Waals surface area contributed by atoms with E-state index in [1.165, 1.54) is 0 Å². The van der Waals surface area contributed by atoms with Crippen molar-refractivity contribution in [1.82, 2.24) is 15.2 Å². The van der Waals surface area contributed by atoms with Crippen molar-refractivity contribution in [1.29, 1.82) is 0 Å². The molecule has 0 radical (unpaired) electrons. The Morgan fingerprint density at radius 1 is 1.55 bits per heavy atom. The number of urea groups is 1. The standard InChI is InChI=1S/C16H22N4O2/c1-3-8-18-16(22)20-10-5-7-13(11-20)15(21)19-14-12(2)6-4-9-17-14/h3-4,6,9,13H,1,5,7-8,10-11H2,2H3,(H,18,22)(H,17,19,21)/t13-/m1/s1. The fourth-order valence-corrected chi connectivity index (χ4v) is 2.48. The number of pyridine rings is 1. The predicted octanol–water partition coefficient (Wildman–Crippen LogP) is 1.94. The van der Waals surface area contributed by atoms with Crippen molar-refractivity contribution >= 4 is 17.8 Å². The van der Waals surface area contributed by atoms with E-state index in [9.17, 15) is 9.59 Å². The lowest BCUT2D eigenvalue weighted by molar-refractivity contribution is -0.121. The molecule has 2 N–H and O–H groups in total. The summed E-state index contributed by atoms with van der Waals surface area (Å²) in [7, 11) is 0. The Balaban J connectivity index is 1.94. The first-order valence-corrected chi connectivity index (χ1v) is 7.48. The van der Waals surface area contributed by atoms with Gasteiger partial charge in [0.2, 0.25) is 5.91 Å². The maximum atomic E-state index is 12.4. The molecule has 1 aliphatic heterocycles. The third-order valence-corrected chi connectivity index (χ3v) is 3.73. The Hall–Kier alpha value is -2.37. The van der Waals surface area contributed by atoms with Gasteiger partial charge < -0.3 is 15.5 Å². The number of aromatic nitrogens is 1. The Kier molecular flexibility index (Phi) is 5.52. The maximum absolute atomic E-state index is 12.4. The zero-order valence-corrected chi connectivity index (χ0v) is 12.8. The van der Waals surface area contributed by atoms with Crippen LogP contribution in [0.1, 0.15) is 18.4 Å². The Morgan fingerprint density at radius 2 is 2.36 bits per heavy atom. The monoisotopic (exact) mass is 302 g/mol. The molecule has 1 aromatic heterocycles. The molecule has 1 saturated heterocycles. The molecule has 0 unspecified atom stereocenters. The van der Waals surface area contributed by atoms with Gasteiger partial charge in [-0.3, -0.25) is 4.79 Å². The average Bonchev–Trinajstić information content (AvgIpc) is 2.54. The summed E-state index contributed by atoms with van der Waals surface area (Å²) in [6.07, 6.45) is 4.89. The minimum atomic E-state index is -0.204. The molecule has 2 rings (SSSR count). The van der Waals surface area contributed by atoms with Crippen LogP contribution < -0.4 is 10.6 Å². The predicted molar refractivity (Wildman–Crippen MR) is 85.5 cm³/mol. The van der Waals surface area contributed by atoms with Crippen LogP contribution in [0.3, 0.4) is 0 Å². The minimum Gasteiger partial charge on any atom is -0.335 e. The molecule has 1 aromatic rings. The van der Waals surface area contributed by atoms with Gasteiger partial charge in [-0.2, -0.15) is 0 Å². The van der Waals surface area contributed by atoms with Gasteiger partial charge in [0.25, 0.3) is 0 Å². The molecule has 1 atom stereocenters. The van der Waals surface area contributed by atoms with Crippen LogP contribution in [0.25, 0.3) is 0 Å². The molecule has 22 heavy (non-hydrogen) atoms. The van der Waals surface area contributed by atoms with Crippen LogP contribution >= 0.6 is 0 Å². The van der Waals surface area contributed by atoms with Crippen LogP contribution in [-0.2, 0) is 4.79 Å². The van der Waals surface area contributed by atoms with Gasteiger partial charge in [0, 0.05) is 25.8 Å². The first-order chi connectivity index (χ1) is 10.6. The van der Waals surface area contributed by atoms with Gasteiger partial charge in [0.15, 0.2) is 0 Å². The van der Waals surface area contributed by atoms with Crippen LogP contribution in [0.2, 0.25) is 0 Å². The number of nitrogens with one attached hydrogen (secondary N) is 2. The molecule has 1 fully saturated rings. The van der Waals surface area contributed by atoms with Crippen LogP contribution in [0, 0.1) is 12.8 Å². The van der Waals surface area contributed by atoms with E-state index < -0.39 is 0 Å². The third-order valence-electron chi connectivity index (χ3n) is 3.73. The van der Waals surface area contributed by atoms with Crippen molar-refractivity contribution in [2.75, 3.05) is 25.0 Å². The van der Waals surface area contributed by atoms with Crippen molar-refractivity contribution in [2.24, 2.45) is 5.92 Å². The number of amides is 3. The molecule has 6 heteroatoms. The number of rotatable bonds is 4. The summed E-state index contributed by atoms with van der Waals surface area (Å²) >= 11 is 0. The molecule has 0 aromatic carbocycles. The molecule has 0 spiro atoms. The van der Waals surface area contributed by atoms with Crippen LogP contribution in [0.4, 0.5) is 10.6 Å². The highest BCUT2D eigenvalue weighted by molar-refractivity contribution is 5.92. The second kappa shape index (κ2) is 7.59. The van der Waals surface area contributed by atoms with E-state index in [-0.39, 0.29) is 17.9 Å². The van der Waals surface area contributed by atoms with Gasteiger partial charge >= 0.3 is 6.03 Å². The van der Waals surface area contributed by atoms with Crippen molar-refractivity contribution in [3.05, 3.63) is 36.5 Å². The number of likely N-dealkylation sites (tertiary alicyclic amines) is 1. The molecule has 1 aliphatic rings. The molecule has 6 nitrogen and oxygen atoms in total. The van der Waals surface area contributed by atoms with Gasteiger partial charge in [-0.25, -0.2) is 9.78 Å². The number of hydrogen-bond acceptors (Lipinski definition) is 3. The van der Waals surface area contributed by atoms with E-state index >= 15 is 0 Å². The largest absolute Gasteiger partial charge is 0.335 e. The van der Waals surface area contributed by atoms with Gasteiger partial charge in [0.1, 0.15) is 5.82 Å². The maximum Gasteiger partial charge on any atom is 0.317 e. The van der Waals surface area contributed by atoms with Crippen molar-refractivity contribution in [3.63, 3.8) is 0 Å². The van der Waals surface area contributed by atoms with Gasteiger partial charge in [-0.05, 0) is 31.4 Å². The summed E-state index contributed by atoms with van der Waals surface area (Å²) in [6, 6.07) is 3.59. The summed E-state index contributed by atoms with van der Waals surface area (Å²) in [5, 5.41) is 5.60. The fourth-order valence-electron chi connectivity index (χ4n) is 2.48. The first-order valence-electron chi connectivity index (χ1n) is 7.48. The topological polar surface area (TPSA) is 74.3 Å². The highest BCUT2D eigenvalue weighted by atomic mass is 16.2. The SMILES string of the molecule is C=CCNC(=O)N1CCC[C@@H](C(=O)Nc2ncccc2C)C1. The minimum absolute atomic E-state index is 0.0805. The normalized spacial score (nSPS) is 17.7. The van der Waals surface area contributed by atoms with Gasteiger partial charge in [-0.1, -0.05) is 12.1 Å². The molecule has 2 heterocycles. The Morgan fingerprint density at radius 3 is 3.09 bits per heavy atom. The Labute approximate surface area is 130 Å². The van der Waals surface area contributed by atoms with E-state index in [1.54, 1.807) is 17.2 Å². The van der Waals surface area contributed by atoms with Crippen molar-refractivity contribution in [2.45, 2.75) is 19.8 Å². The van der Waals surface area contributed by atoms with Gasteiger partial charge in [0.05, 0.1) is 5.92 Å². The number of anilines is 1. The van der Waals surface area contributed by atoms with E-state index in [1.807, 2.05) is 19.1 Å². The number of piperidine rings is 1. The molecular weight excluding hydrogens is 280 g/mol. The lowest BCUT2D eigenvalue weighted by Crippen LogP contribution is -2.48. The Bertz CT molecular complexity index is 559. The van der Waals surface area contributed by atoms with E-state index in [0.717, 1.165) is 18.4 Å². The molecule has 0 bridgehead atoms. The fraction of sp³-hybridized carbons (Fsp3) is 0.438. The molecular formula is C16H22N4O2. The van der Waals surface area contributed by atoms with Crippen LogP contribution in [0.15, 0.2) is 31.0 Å². The summed E-state index contributed by atoms with van der Waals surface area (Å²) in [5.74, 6) is 0.299. The molecule has 0 aliphatic carbocycles. The number of hydrogen-bond donors (Lipinski definition) is 2. The number of nitrogens with zero attached hydrogens (tertiary/aromatic N) is 2. The molecule has 0 saturated carbocycles. The lowest BCUT2D eigenvalue weighted by Gasteiger charge is -2.32. The summed E-state index contributed by atoms with van der Waals surface area (Å²) in [6.45, 7) is 7.01. The summed E-state index contributed by atoms with van der Waals surface area (Å²) in [4.78, 5) is 30.2. The van der Waals surface area contributed by atoms with Crippen LogP contribution in [-0.4, -0.2) is 41.5 Å². The van der Waals surface area contributed by atoms with E-state index in [4.69, 9.17) is 0 Å². The average molecular weight is 302 g/mol. The van der Waals surface area contributed by atoms with E-state index in [2.05, 4.69) is 22.2 Å². The molecule has 3 amide bonds. The van der Waals surface area contributed by atoms with E-state index in [0.29, 0.717) is 25.5 Å². The quantitative estimate of drug-likeness (QED) is 0.835. The third kappa shape index (κ3) is 4.07. The summed E-state index contributed by atoms with van der Waals surface area (Å²) < 4.78 is 0. The van der Waals surface area contributed by atoms with Gasteiger partial charge in [-0.15, -0.1) is 6.58 Å². The number of carbonyl (C=O) groups is 2. The number of carbonyl (C=O) groups excluding carboxylic acids is 2. The smallest absolute Gasteiger partial charge is 0.317 e. The van der Waals surface area contributed by atoms with Crippen molar-refractivity contribution in [3.8, 4) is 0 Å². The second-order valence-corrected chi connectivity index (χ2v) is 5.42. The highest BCUT2D eigenvalue weighted by Crippen LogP contribution is 2.19. The van der Waals surface area contributed by atoms with Crippen molar-refractivity contribution < 1.29 is 9.59 Å². The zero-order valence-electron chi connectivity index (χ0n) is 12.8. The first kappa shape index (κ1) is 16.0.